The molecule has 0 radical (unpaired) electrons. The number of thiol groups is 1. The minimum atomic E-state index is 0.511. The van der Waals surface area contributed by atoms with Crippen LogP contribution in [-0.2, 0) is 13.0 Å². The zero-order chi connectivity index (χ0) is 16.2. The quantitative estimate of drug-likeness (QED) is 0.510. The van der Waals surface area contributed by atoms with Crippen LogP contribution in [0.2, 0.25) is 0 Å². The van der Waals surface area contributed by atoms with E-state index in [1.54, 1.807) is 0 Å². The lowest BCUT2D eigenvalue weighted by atomic mass is 9.99. The van der Waals surface area contributed by atoms with E-state index >= 15 is 0 Å². The van der Waals surface area contributed by atoms with E-state index in [2.05, 4.69) is 47.6 Å². The highest BCUT2D eigenvalue weighted by Crippen LogP contribution is 2.25. The minimum absolute atomic E-state index is 0.511. The Labute approximate surface area is 143 Å². The van der Waals surface area contributed by atoms with Crippen molar-refractivity contribution in [3.8, 4) is 0 Å². The molecule has 4 heteroatoms. The molecule has 0 spiro atoms. The van der Waals surface area contributed by atoms with Crippen molar-refractivity contribution < 1.29 is 0 Å². The van der Waals surface area contributed by atoms with Gasteiger partial charge in [-0.2, -0.15) is 0 Å². The maximum Gasteiger partial charge on any atom is 0.132 e. The van der Waals surface area contributed by atoms with Gasteiger partial charge in [0.2, 0.25) is 0 Å². The van der Waals surface area contributed by atoms with E-state index in [4.69, 9.17) is 5.73 Å². The van der Waals surface area contributed by atoms with Crippen molar-refractivity contribution in [1.29, 1.82) is 0 Å². The second-order valence-electron chi connectivity index (χ2n) is 5.99. The van der Waals surface area contributed by atoms with Crippen LogP contribution in [0.25, 0.3) is 0 Å². The summed E-state index contributed by atoms with van der Waals surface area (Å²) in [5.74, 6) is 0.511. The SMILES string of the molecule is CCCN1CCc2ccc(N=C(N)c3ccccc3S)cc2C1. The first kappa shape index (κ1) is 16.1. The highest BCUT2D eigenvalue weighted by atomic mass is 32.1. The van der Waals surface area contributed by atoms with Gasteiger partial charge in [0.15, 0.2) is 0 Å². The standard InChI is InChI=1S/C19H23N3S/c1-2-10-22-11-9-14-7-8-16(12-15(14)13-22)21-19(20)17-5-3-4-6-18(17)23/h3-8,12,23H,2,9-11,13H2,1H3,(H2,20,21). The van der Waals surface area contributed by atoms with Crippen LogP contribution in [0.4, 0.5) is 5.69 Å². The Morgan fingerprint density at radius 1 is 1.22 bits per heavy atom. The van der Waals surface area contributed by atoms with Crippen LogP contribution < -0.4 is 5.73 Å². The van der Waals surface area contributed by atoms with Gasteiger partial charge in [-0.15, -0.1) is 12.6 Å². The van der Waals surface area contributed by atoms with Crippen molar-refractivity contribution in [2.75, 3.05) is 13.1 Å². The summed E-state index contributed by atoms with van der Waals surface area (Å²) in [6.45, 7) is 5.54. The maximum atomic E-state index is 6.17. The molecule has 1 aliphatic heterocycles. The molecule has 2 aromatic carbocycles. The average molecular weight is 325 g/mol. The summed E-state index contributed by atoms with van der Waals surface area (Å²) in [5.41, 5.74) is 10.8. The molecule has 2 N–H and O–H groups in total. The zero-order valence-corrected chi connectivity index (χ0v) is 14.4. The van der Waals surface area contributed by atoms with E-state index in [0.29, 0.717) is 5.84 Å². The zero-order valence-electron chi connectivity index (χ0n) is 13.5. The second-order valence-corrected chi connectivity index (χ2v) is 6.48. The number of nitrogens with zero attached hydrogens (tertiary/aromatic N) is 2. The first-order valence-electron chi connectivity index (χ1n) is 8.14. The van der Waals surface area contributed by atoms with Crippen LogP contribution in [0.3, 0.4) is 0 Å². The first-order chi connectivity index (χ1) is 11.2. The van der Waals surface area contributed by atoms with E-state index in [9.17, 15) is 0 Å². The Morgan fingerprint density at radius 2 is 2.04 bits per heavy atom. The van der Waals surface area contributed by atoms with Gasteiger partial charge in [-0.05, 0) is 48.7 Å². The molecule has 1 heterocycles. The molecule has 0 saturated heterocycles. The fourth-order valence-electron chi connectivity index (χ4n) is 3.07. The summed E-state index contributed by atoms with van der Waals surface area (Å²) in [4.78, 5) is 7.95. The molecule has 23 heavy (non-hydrogen) atoms. The molecular weight excluding hydrogens is 302 g/mol. The van der Waals surface area contributed by atoms with E-state index < -0.39 is 0 Å². The summed E-state index contributed by atoms with van der Waals surface area (Å²) in [6.07, 6.45) is 2.31. The van der Waals surface area contributed by atoms with Crippen molar-refractivity contribution in [3.63, 3.8) is 0 Å². The molecule has 1 aliphatic rings. The minimum Gasteiger partial charge on any atom is -0.383 e. The molecule has 0 bridgehead atoms. The van der Waals surface area contributed by atoms with Crippen LogP contribution in [0.5, 0.6) is 0 Å². The second kappa shape index (κ2) is 7.20. The summed E-state index contributed by atoms with van der Waals surface area (Å²) in [7, 11) is 0. The molecule has 0 aromatic heterocycles. The highest BCUT2D eigenvalue weighted by Gasteiger charge is 2.15. The van der Waals surface area contributed by atoms with Crippen molar-refractivity contribution in [1.82, 2.24) is 4.90 Å². The number of benzene rings is 2. The molecule has 0 saturated carbocycles. The van der Waals surface area contributed by atoms with Gasteiger partial charge in [0.25, 0.3) is 0 Å². The van der Waals surface area contributed by atoms with Crippen LogP contribution in [0.15, 0.2) is 52.4 Å². The lowest BCUT2D eigenvalue weighted by Gasteiger charge is -2.28. The monoisotopic (exact) mass is 325 g/mol. The third-order valence-corrected chi connectivity index (χ3v) is 4.64. The first-order valence-corrected chi connectivity index (χ1v) is 8.58. The molecule has 0 amide bonds. The predicted molar refractivity (Wildman–Crippen MR) is 99.8 cm³/mol. The number of nitrogens with two attached hydrogens (primary N) is 1. The van der Waals surface area contributed by atoms with Crippen molar-refractivity contribution >= 4 is 24.2 Å². The largest absolute Gasteiger partial charge is 0.383 e. The third-order valence-electron chi connectivity index (χ3n) is 4.25. The summed E-state index contributed by atoms with van der Waals surface area (Å²) < 4.78 is 0. The number of fused-ring (bicyclic) bond motifs is 1. The molecule has 3 nitrogen and oxygen atoms in total. The van der Waals surface area contributed by atoms with Crippen molar-refractivity contribution in [2.24, 2.45) is 10.7 Å². The van der Waals surface area contributed by atoms with Crippen molar-refractivity contribution in [3.05, 3.63) is 59.2 Å². The molecule has 120 valence electrons. The van der Waals surface area contributed by atoms with Gasteiger partial charge in [0.1, 0.15) is 5.84 Å². The lowest BCUT2D eigenvalue weighted by molar-refractivity contribution is 0.255. The smallest absolute Gasteiger partial charge is 0.132 e. The fourth-order valence-corrected chi connectivity index (χ4v) is 3.34. The molecule has 0 unspecified atom stereocenters. The van der Waals surface area contributed by atoms with Gasteiger partial charge in [-0.3, -0.25) is 4.90 Å². The van der Waals surface area contributed by atoms with Gasteiger partial charge in [0, 0.05) is 23.5 Å². The number of rotatable bonds is 4. The van der Waals surface area contributed by atoms with Gasteiger partial charge in [0.05, 0.1) is 5.69 Å². The van der Waals surface area contributed by atoms with Crippen LogP contribution in [0.1, 0.15) is 30.0 Å². The Balaban J connectivity index is 1.86. The maximum absolute atomic E-state index is 6.17. The van der Waals surface area contributed by atoms with Gasteiger partial charge in [-0.1, -0.05) is 31.2 Å². The van der Waals surface area contributed by atoms with Crippen LogP contribution >= 0.6 is 12.6 Å². The normalized spacial score (nSPS) is 15.5. The topological polar surface area (TPSA) is 41.6 Å². The van der Waals surface area contributed by atoms with E-state index in [1.807, 2.05) is 24.3 Å². The average Bonchev–Trinajstić information content (AvgIpc) is 2.55. The molecule has 0 aliphatic carbocycles. The number of hydrogen-bond donors (Lipinski definition) is 2. The van der Waals surface area contributed by atoms with Crippen molar-refractivity contribution in [2.45, 2.75) is 31.2 Å². The van der Waals surface area contributed by atoms with Gasteiger partial charge >= 0.3 is 0 Å². The Bertz CT molecular complexity index is 724. The fraction of sp³-hybridized carbons (Fsp3) is 0.316. The Morgan fingerprint density at radius 3 is 2.83 bits per heavy atom. The van der Waals surface area contributed by atoms with Crippen LogP contribution in [0, 0.1) is 0 Å². The summed E-state index contributed by atoms with van der Waals surface area (Å²) >= 11 is 4.45. The number of amidine groups is 1. The number of hydrogen-bond acceptors (Lipinski definition) is 3. The van der Waals surface area contributed by atoms with Crippen LogP contribution in [-0.4, -0.2) is 23.8 Å². The van der Waals surface area contributed by atoms with E-state index in [-0.39, 0.29) is 0 Å². The number of aliphatic imine (C=N–C) groups is 1. The molecule has 0 fully saturated rings. The predicted octanol–water partition coefficient (Wildman–Crippen LogP) is 3.78. The Hall–Kier alpha value is -1.78. The van der Waals surface area contributed by atoms with E-state index in [1.165, 1.54) is 17.5 Å². The summed E-state index contributed by atoms with van der Waals surface area (Å²) in [5, 5.41) is 0. The van der Waals surface area contributed by atoms with E-state index in [0.717, 1.165) is 42.2 Å². The van der Waals surface area contributed by atoms with Gasteiger partial charge in [-0.25, -0.2) is 4.99 Å². The highest BCUT2D eigenvalue weighted by molar-refractivity contribution is 7.80. The summed E-state index contributed by atoms with van der Waals surface area (Å²) in [6, 6.07) is 14.2. The third kappa shape index (κ3) is 3.77. The van der Waals surface area contributed by atoms with Gasteiger partial charge < -0.3 is 5.73 Å². The molecule has 0 atom stereocenters. The molecule has 3 rings (SSSR count). The Kier molecular flexibility index (Phi) is 5.03. The molecule has 2 aromatic rings. The molecular formula is C19H23N3S. The lowest BCUT2D eigenvalue weighted by Crippen LogP contribution is -2.31.